The molecule has 5 heteroatoms. The van der Waals surface area contributed by atoms with Crippen molar-refractivity contribution in [1.29, 1.82) is 0 Å². The quantitative estimate of drug-likeness (QED) is 0.726. The Morgan fingerprint density at radius 3 is 2.65 bits per heavy atom. The average molecular weight is 302 g/mol. The first-order valence-corrected chi connectivity index (χ1v) is 7.65. The molecule has 1 N–H and O–H groups in total. The lowest BCUT2D eigenvalue weighted by atomic mass is 10.1. The number of hydrogen-bond donors (Lipinski definition) is 1. The minimum absolute atomic E-state index is 0.0296. The van der Waals surface area contributed by atoms with Crippen molar-refractivity contribution in [3.8, 4) is 0 Å². The van der Waals surface area contributed by atoms with Crippen LogP contribution < -0.4 is 5.56 Å². The summed E-state index contributed by atoms with van der Waals surface area (Å²) < 4.78 is 2.12. The fourth-order valence-corrected chi connectivity index (χ4v) is 3.49. The van der Waals surface area contributed by atoms with E-state index in [-0.39, 0.29) is 11.6 Å². The van der Waals surface area contributed by atoms with Crippen LogP contribution in [0.15, 0.2) is 40.5 Å². The van der Waals surface area contributed by atoms with Crippen molar-refractivity contribution in [3.63, 3.8) is 0 Å². The molecule has 0 saturated heterocycles. The molecule has 102 valence electrons. The summed E-state index contributed by atoms with van der Waals surface area (Å²) in [6, 6.07) is 9.93. The summed E-state index contributed by atoms with van der Waals surface area (Å²) in [5, 5.41) is 2.60. The van der Waals surface area contributed by atoms with Crippen LogP contribution in [-0.4, -0.2) is 9.55 Å². The summed E-state index contributed by atoms with van der Waals surface area (Å²) in [5.74, 6) is 0. The summed E-state index contributed by atoms with van der Waals surface area (Å²) in [6.07, 6.45) is 0. The third-order valence-electron chi connectivity index (χ3n) is 3.50. The van der Waals surface area contributed by atoms with E-state index in [0.717, 1.165) is 10.4 Å². The number of benzene rings is 1. The minimum atomic E-state index is -0.0869. The van der Waals surface area contributed by atoms with Crippen LogP contribution in [0.25, 0.3) is 10.2 Å². The predicted molar refractivity (Wildman–Crippen MR) is 86.3 cm³/mol. The van der Waals surface area contributed by atoms with Gasteiger partial charge in [-0.1, -0.05) is 29.8 Å². The number of thiophene rings is 1. The van der Waals surface area contributed by atoms with E-state index in [9.17, 15) is 4.79 Å². The van der Waals surface area contributed by atoms with E-state index in [1.165, 1.54) is 16.9 Å². The Morgan fingerprint density at radius 1 is 1.25 bits per heavy atom. The number of aromatic amines is 1. The fraction of sp³-hybridized carbons (Fsp3) is 0.200. The lowest BCUT2D eigenvalue weighted by Gasteiger charge is -2.16. The summed E-state index contributed by atoms with van der Waals surface area (Å²) in [5.41, 5.74) is 2.25. The molecule has 0 aliphatic heterocycles. The molecule has 0 amide bonds. The van der Waals surface area contributed by atoms with Crippen molar-refractivity contribution in [3.05, 3.63) is 62.0 Å². The zero-order chi connectivity index (χ0) is 14.3. The van der Waals surface area contributed by atoms with Crippen molar-refractivity contribution in [2.45, 2.75) is 19.9 Å². The Kier molecular flexibility index (Phi) is 3.31. The lowest BCUT2D eigenvalue weighted by Crippen LogP contribution is -2.25. The number of aryl methyl sites for hydroxylation is 1. The Labute approximate surface area is 125 Å². The van der Waals surface area contributed by atoms with Gasteiger partial charge in [-0.15, -0.1) is 11.3 Å². The number of nitrogens with zero attached hydrogens (tertiary/aromatic N) is 1. The van der Waals surface area contributed by atoms with Crippen LogP contribution in [0.1, 0.15) is 24.1 Å². The summed E-state index contributed by atoms with van der Waals surface area (Å²) in [6.45, 7) is 4.04. The normalized spacial score (nSPS) is 12.7. The van der Waals surface area contributed by atoms with Gasteiger partial charge in [-0.25, -0.2) is 0 Å². The van der Waals surface area contributed by atoms with Gasteiger partial charge in [0.05, 0.1) is 11.4 Å². The predicted octanol–water partition coefficient (Wildman–Crippen LogP) is 4.04. The fourth-order valence-electron chi connectivity index (χ4n) is 2.30. The highest BCUT2D eigenvalue weighted by Gasteiger charge is 2.14. The van der Waals surface area contributed by atoms with Crippen LogP contribution in [0.5, 0.6) is 0 Å². The van der Waals surface area contributed by atoms with Crippen LogP contribution >= 0.6 is 23.6 Å². The standard InChI is InChI=1S/C15H14N2OS2/c1-9-3-5-11(6-4-9)10(2)17-14(18)12-7-8-20-13(12)16-15(17)19/h3-8,10H,1-2H3,(H,16,19). The van der Waals surface area contributed by atoms with Gasteiger partial charge in [0.2, 0.25) is 0 Å². The number of hydrogen-bond acceptors (Lipinski definition) is 3. The van der Waals surface area contributed by atoms with Crippen LogP contribution in [0.2, 0.25) is 0 Å². The molecule has 0 saturated carbocycles. The average Bonchev–Trinajstić information content (AvgIpc) is 2.87. The number of aromatic nitrogens is 2. The molecule has 0 radical (unpaired) electrons. The molecule has 2 aromatic heterocycles. The van der Waals surface area contributed by atoms with Crippen LogP contribution in [-0.2, 0) is 0 Å². The van der Waals surface area contributed by atoms with Crippen molar-refractivity contribution in [1.82, 2.24) is 9.55 Å². The first-order chi connectivity index (χ1) is 9.58. The van der Waals surface area contributed by atoms with Gasteiger partial charge in [-0.05, 0) is 43.1 Å². The molecule has 1 atom stereocenters. The highest BCUT2D eigenvalue weighted by molar-refractivity contribution is 7.71. The molecule has 0 fully saturated rings. The molecule has 0 aliphatic carbocycles. The lowest BCUT2D eigenvalue weighted by molar-refractivity contribution is 0.600. The SMILES string of the molecule is Cc1ccc(C(C)n2c(=S)[nH]c3sccc3c2=O)cc1. The van der Waals surface area contributed by atoms with Crippen molar-refractivity contribution in [2.24, 2.45) is 0 Å². The first-order valence-electron chi connectivity index (χ1n) is 6.36. The number of fused-ring (bicyclic) bond motifs is 1. The molecule has 0 aliphatic rings. The van der Waals surface area contributed by atoms with E-state index in [4.69, 9.17) is 12.2 Å². The molecule has 3 aromatic rings. The summed E-state index contributed by atoms with van der Waals surface area (Å²) in [4.78, 5) is 16.6. The van der Waals surface area contributed by atoms with E-state index in [2.05, 4.69) is 4.98 Å². The molecule has 0 spiro atoms. The van der Waals surface area contributed by atoms with Gasteiger partial charge in [0, 0.05) is 0 Å². The maximum Gasteiger partial charge on any atom is 0.263 e. The molecule has 1 aromatic carbocycles. The molecule has 1 unspecified atom stereocenters. The topological polar surface area (TPSA) is 37.8 Å². The van der Waals surface area contributed by atoms with E-state index >= 15 is 0 Å². The number of nitrogens with one attached hydrogen (secondary N) is 1. The molecule has 3 rings (SSSR count). The maximum absolute atomic E-state index is 12.6. The second-order valence-corrected chi connectivity index (χ2v) is 6.16. The van der Waals surface area contributed by atoms with Crippen LogP contribution in [0, 0.1) is 11.7 Å². The first kappa shape index (κ1) is 13.3. The largest absolute Gasteiger partial charge is 0.323 e. The molecular weight excluding hydrogens is 288 g/mol. The zero-order valence-corrected chi connectivity index (χ0v) is 12.8. The van der Waals surface area contributed by atoms with Gasteiger partial charge in [-0.2, -0.15) is 0 Å². The Morgan fingerprint density at radius 2 is 1.95 bits per heavy atom. The Balaban J connectivity index is 2.21. The highest BCUT2D eigenvalue weighted by atomic mass is 32.1. The second-order valence-electron chi connectivity index (χ2n) is 4.86. The second kappa shape index (κ2) is 5.00. The van der Waals surface area contributed by atoms with E-state index < -0.39 is 0 Å². The van der Waals surface area contributed by atoms with Crippen molar-refractivity contribution in [2.75, 3.05) is 0 Å². The molecule has 2 heterocycles. The Bertz CT molecular complexity index is 871. The van der Waals surface area contributed by atoms with E-state index in [1.54, 1.807) is 4.57 Å². The van der Waals surface area contributed by atoms with Gasteiger partial charge in [0.15, 0.2) is 4.77 Å². The third-order valence-corrected chi connectivity index (χ3v) is 4.63. The monoisotopic (exact) mass is 302 g/mol. The Hall–Kier alpha value is -1.72. The van der Waals surface area contributed by atoms with Crippen LogP contribution in [0.4, 0.5) is 0 Å². The van der Waals surface area contributed by atoms with Crippen LogP contribution in [0.3, 0.4) is 0 Å². The van der Waals surface area contributed by atoms with Gasteiger partial charge < -0.3 is 4.98 Å². The highest BCUT2D eigenvalue weighted by Crippen LogP contribution is 2.20. The summed E-state index contributed by atoms with van der Waals surface area (Å²) in [7, 11) is 0. The third kappa shape index (κ3) is 2.13. The number of rotatable bonds is 2. The van der Waals surface area contributed by atoms with Gasteiger partial charge in [0.25, 0.3) is 5.56 Å². The van der Waals surface area contributed by atoms with Crippen molar-refractivity contribution < 1.29 is 0 Å². The van der Waals surface area contributed by atoms with Gasteiger partial charge >= 0.3 is 0 Å². The van der Waals surface area contributed by atoms with Crippen molar-refractivity contribution >= 4 is 33.8 Å². The van der Waals surface area contributed by atoms with Gasteiger partial charge in [0.1, 0.15) is 4.83 Å². The molecule has 20 heavy (non-hydrogen) atoms. The maximum atomic E-state index is 12.6. The smallest absolute Gasteiger partial charge is 0.263 e. The molecule has 0 bridgehead atoms. The molecular formula is C15H14N2OS2. The van der Waals surface area contributed by atoms with E-state index in [0.29, 0.717) is 10.2 Å². The van der Waals surface area contributed by atoms with Gasteiger partial charge in [-0.3, -0.25) is 9.36 Å². The summed E-state index contributed by atoms with van der Waals surface area (Å²) >= 11 is 6.85. The van der Waals surface area contributed by atoms with E-state index in [1.807, 2.05) is 49.6 Å². The molecule has 3 nitrogen and oxygen atoms in total. The number of H-pyrrole nitrogens is 1. The minimum Gasteiger partial charge on any atom is -0.323 e. The zero-order valence-electron chi connectivity index (χ0n) is 11.2.